The number of anilines is 2. The van der Waals surface area contributed by atoms with E-state index in [0.29, 0.717) is 5.76 Å². The van der Waals surface area contributed by atoms with Crippen LogP contribution in [0.25, 0.3) is 0 Å². The van der Waals surface area contributed by atoms with Crippen molar-refractivity contribution in [2.75, 3.05) is 23.3 Å². The van der Waals surface area contributed by atoms with Crippen LogP contribution in [0.15, 0.2) is 44.3 Å². The highest BCUT2D eigenvalue weighted by atomic mass is 79.9. The minimum Gasteiger partial charge on any atom is -0.438 e. The number of carbonyl (C=O) groups is 1. The molecule has 2 N–H and O–H groups in total. The minimum atomic E-state index is -0.387. The van der Waals surface area contributed by atoms with Crippen molar-refractivity contribution >= 4 is 39.7 Å². The fourth-order valence-electron chi connectivity index (χ4n) is 2.83. The predicted octanol–water partition coefficient (Wildman–Crippen LogP) is 4.36. The zero-order valence-electron chi connectivity index (χ0n) is 14.1. The van der Waals surface area contributed by atoms with E-state index < -0.39 is 0 Å². The highest BCUT2D eigenvalue weighted by Gasteiger charge is 2.19. The molecule has 0 atom stereocenters. The van der Waals surface area contributed by atoms with Crippen molar-refractivity contribution in [1.29, 1.82) is 0 Å². The molecule has 0 aliphatic carbocycles. The highest BCUT2D eigenvalue weighted by Crippen LogP contribution is 2.31. The minimum absolute atomic E-state index is 0.387. The van der Waals surface area contributed by atoms with Gasteiger partial charge in [-0.2, -0.15) is 5.10 Å². The van der Waals surface area contributed by atoms with Gasteiger partial charge in [-0.15, -0.1) is 0 Å². The monoisotopic (exact) mass is 404 g/mol. The van der Waals surface area contributed by atoms with Gasteiger partial charge in [0.25, 0.3) is 0 Å². The van der Waals surface area contributed by atoms with Gasteiger partial charge in [0, 0.05) is 24.8 Å². The van der Waals surface area contributed by atoms with E-state index in [1.165, 1.54) is 19.1 Å². The number of hydrogen-bond donors (Lipinski definition) is 2. The number of benzene rings is 1. The number of urea groups is 1. The maximum absolute atomic E-state index is 12.0. The van der Waals surface area contributed by atoms with Crippen LogP contribution in [0.5, 0.6) is 0 Å². The molecule has 1 saturated heterocycles. The summed E-state index contributed by atoms with van der Waals surface area (Å²) in [6.07, 6.45) is 4.70. The Morgan fingerprint density at radius 1 is 1.36 bits per heavy atom. The lowest BCUT2D eigenvalue weighted by molar-refractivity contribution is 0.252. The summed E-state index contributed by atoms with van der Waals surface area (Å²) >= 11 is 3.51. The molecule has 25 heavy (non-hydrogen) atoms. The van der Waals surface area contributed by atoms with Gasteiger partial charge >= 0.3 is 6.03 Å². The van der Waals surface area contributed by atoms with Crippen LogP contribution < -0.4 is 15.6 Å². The summed E-state index contributed by atoms with van der Waals surface area (Å²) in [7, 11) is 0. The van der Waals surface area contributed by atoms with Crippen LogP contribution in [0, 0.1) is 0 Å². The van der Waals surface area contributed by atoms with Gasteiger partial charge in [-0.1, -0.05) is 25.1 Å². The lowest BCUT2D eigenvalue weighted by Gasteiger charge is -2.13. The second-order valence-electron chi connectivity index (χ2n) is 5.83. The Bertz CT molecular complexity index is 766. The molecule has 1 aliphatic rings. The van der Waals surface area contributed by atoms with Crippen LogP contribution >= 0.6 is 15.9 Å². The Kier molecular flexibility index (Phi) is 5.75. The smallest absolute Gasteiger partial charge is 0.339 e. The maximum Gasteiger partial charge on any atom is 0.339 e. The van der Waals surface area contributed by atoms with Crippen molar-refractivity contribution in [2.24, 2.45) is 5.10 Å². The van der Waals surface area contributed by atoms with Crippen molar-refractivity contribution in [3.05, 3.63) is 46.1 Å². The van der Waals surface area contributed by atoms with E-state index in [1.807, 2.05) is 37.3 Å². The van der Waals surface area contributed by atoms with Crippen molar-refractivity contribution < 1.29 is 9.21 Å². The molecule has 1 aromatic heterocycles. The van der Waals surface area contributed by atoms with Crippen molar-refractivity contribution in [2.45, 2.75) is 26.2 Å². The molecule has 2 aromatic rings. The molecule has 7 heteroatoms. The van der Waals surface area contributed by atoms with E-state index in [4.69, 9.17) is 4.42 Å². The number of rotatable bonds is 5. The molecule has 0 bridgehead atoms. The molecule has 2 heterocycles. The van der Waals surface area contributed by atoms with Crippen LogP contribution in [-0.4, -0.2) is 25.3 Å². The summed E-state index contributed by atoms with van der Waals surface area (Å²) in [5, 5.41) is 6.75. The number of nitrogens with one attached hydrogen (secondary N) is 2. The Hall–Kier alpha value is -2.28. The highest BCUT2D eigenvalue weighted by molar-refractivity contribution is 9.10. The molecule has 3 rings (SSSR count). The predicted molar refractivity (Wildman–Crippen MR) is 103 cm³/mol. The van der Waals surface area contributed by atoms with Crippen LogP contribution in [0.2, 0.25) is 0 Å². The molecule has 1 aromatic carbocycles. The van der Waals surface area contributed by atoms with Gasteiger partial charge in [0.1, 0.15) is 0 Å². The molecule has 0 radical (unpaired) electrons. The van der Waals surface area contributed by atoms with Crippen LogP contribution in [0.3, 0.4) is 0 Å². The first-order valence-corrected chi connectivity index (χ1v) is 9.19. The molecule has 2 amide bonds. The number of hydrogen-bond acceptors (Lipinski definition) is 4. The fraction of sp³-hybridized carbons (Fsp3) is 0.333. The first kappa shape index (κ1) is 17.5. The molecule has 0 unspecified atom stereocenters. The van der Waals surface area contributed by atoms with Gasteiger partial charge in [-0.05, 0) is 46.8 Å². The van der Waals surface area contributed by atoms with Crippen molar-refractivity contribution in [3.8, 4) is 0 Å². The normalized spacial score (nSPS) is 14.2. The quantitative estimate of drug-likeness (QED) is 0.574. The van der Waals surface area contributed by atoms with Crippen molar-refractivity contribution in [3.63, 3.8) is 0 Å². The lowest BCUT2D eigenvalue weighted by Crippen LogP contribution is -2.24. The number of aryl methyl sites for hydroxylation is 1. The van der Waals surface area contributed by atoms with Crippen LogP contribution in [0.4, 0.5) is 16.4 Å². The second kappa shape index (κ2) is 8.20. The third-order valence-electron chi connectivity index (χ3n) is 4.09. The number of halogens is 1. The molecular formula is C18H21BrN4O2. The Labute approximate surface area is 155 Å². The van der Waals surface area contributed by atoms with Gasteiger partial charge in [0.05, 0.1) is 10.7 Å². The fourth-order valence-corrected chi connectivity index (χ4v) is 3.39. The first-order chi connectivity index (χ1) is 12.2. The van der Waals surface area contributed by atoms with E-state index in [9.17, 15) is 4.79 Å². The largest absolute Gasteiger partial charge is 0.438 e. The van der Waals surface area contributed by atoms with E-state index in [-0.39, 0.29) is 6.03 Å². The topological polar surface area (TPSA) is 69.9 Å². The van der Waals surface area contributed by atoms with Gasteiger partial charge < -0.3 is 14.6 Å². The summed E-state index contributed by atoms with van der Waals surface area (Å²) in [5.74, 6) is 1.41. The summed E-state index contributed by atoms with van der Waals surface area (Å²) in [4.78, 5) is 14.2. The summed E-state index contributed by atoms with van der Waals surface area (Å²) in [6, 6.07) is 9.16. The van der Waals surface area contributed by atoms with E-state index in [2.05, 4.69) is 36.7 Å². The van der Waals surface area contributed by atoms with Crippen LogP contribution in [-0.2, 0) is 6.42 Å². The molecular weight excluding hydrogens is 384 g/mol. The standard InChI is InChI=1S/C18H21BrN4O2/c1-2-13-7-3-4-8-16(13)21-18(24)22-20-12-14-11-15(19)17(25-14)23-9-5-6-10-23/h3-4,7-8,11-12H,2,5-6,9-10H2,1H3,(H2,21,22,24)/b20-12+. The van der Waals surface area contributed by atoms with Gasteiger partial charge in [-0.25, -0.2) is 10.2 Å². The van der Waals surface area contributed by atoms with E-state index in [0.717, 1.165) is 41.1 Å². The average Bonchev–Trinajstić information content (AvgIpc) is 3.25. The summed E-state index contributed by atoms with van der Waals surface area (Å²) in [5.41, 5.74) is 4.32. The van der Waals surface area contributed by atoms with Gasteiger partial charge in [0.15, 0.2) is 5.76 Å². The molecule has 1 fully saturated rings. The first-order valence-electron chi connectivity index (χ1n) is 8.39. The summed E-state index contributed by atoms with van der Waals surface area (Å²) in [6.45, 7) is 4.05. The molecule has 1 aliphatic heterocycles. The Morgan fingerprint density at radius 2 is 2.12 bits per heavy atom. The molecule has 6 nitrogen and oxygen atoms in total. The van der Waals surface area contributed by atoms with Crippen molar-refractivity contribution in [1.82, 2.24) is 5.43 Å². The van der Waals surface area contributed by atoms with Crippen LogP contribution in [0.1, 0.15) is 31.1 Å². The number of furan rings is 1. The second-order valence-corrected chi connectivity index (χ2v) is 6.69. The number of nitrogens with zero attached hydrogens (tertiary/aromatic N) is 2. The Balaban J connectivity index is 1.57. The van der Waals surface area contributed by atoms with E-state index >= 15 is 0 Å². The summed E-state index contributed by atoms with van der Waals surface area (Å²) < 4.78 is 6.69. The van der Waals surface area contributed by atoms with Gasteiger partial charge in [0.2, 0.25) is 5.88 Å². The number of para-hydroxylation sites is 1. The number of hydrazone groups is 1. The number of carbonyl (C=O) groups excluding carboxylic acids is 1. The number of amides is 2. The Morgan fingerprint density at radius 3 is 2.88 bits per heavy atom. The molecule has 0 spiro atoms. The van der Waals surface area contributed by atoms with E-state index in [1.54, 1.807) is 0 Å². The maximum atomic E-state index is 12.0. The lowest BCUT2D eigenvalue weighted by atomic mass is 10.1. The molecule has 0 saturated carbocycles. The third kappa shape index (κ3) is 4.42. The van der Waals surface area contributed by atoms with Gasteiger partial charge in [-0.3, -0.25) is 0 Å². The molecule has 132 valence electrons. The zero-order chi connectivity index (χ0) is 17.6. The SMILES string of the molecule is CCc1ccccc1NC(=O)N/N=C/c1cc(Br)c(N2CCCC2)o1. The third-order valence-corrected chi connectivity index (χ3v) is 4.65. The zero-order valence-corrected chi connectivity index (χ0v) is 15.7. The average molecular weight is 405 g/mol.